The predicted octanol–water partition coefficient (Wildman–Crippen LogP) is 1.79. The zero-order valence-electron chi connectivity index (χ0n) is 16.1. The van der Waals surface area contributed by atoms with Gasteiger partial charge in [0.05, 0.1) is 11.7 Å². The van der Waals surface area contributed by atoms with E-state index < -0.39 is 6.04 Å². The van der Waals surface area contributed by atoms with Crippen molar-refractivity contribution >= 4 is 24.5 Å². The van der Waals surface area contributed by atoms with Crippen molar-refractivity contribution in [3.63, 3.8) is 0 Å². The van der Waals surface area contributed by atoms with Crippen LogP contribution in [0.5, 0.6) is 0 Å². The highest BCUT2D eigenvalue weighted by atomic mass is 16.2. The van der Waals surface area contributed by atoms with Crippen molar-refractivity contribution in [3.8, 4) is 11.3 Å². The largest absolute Gasteiger partial charge is 0.375 e. The van der Waals surface area contributed by atoms with E-state index in [0.717, 1.165) is 29.3 Å². The molecule has 0 fully saturated rings. The summed E-state index contributed by atoms with van der Waals surface area (Å²) < 4.78 is 1.58. The normalized spacial score (nSPS) is 15.0. The molecule has 0 bridgehead atoms. The van der Waals surface area contributed by atoms with Gasteiger partial charge in [-0.1, -0.05) is 0 Å². The highest BCUT2D eigenvalue weighted by Crippen LogP contribution is 2.27. The fraction of sp³-hybridized carbons (Fsp3) is 0.316. The number of allylic oxidation sites excluding steroid dienone is 1. The van der Waals surface area contributed by atoms with Crippen molar-refractivity contribution in [1.82, 2.24) is 24.8 Å². The Balaban J connectivity index is 1.94. The van der Waals surface area contributed by atoms with Crippen LogP contribution in [0.25, 0.3) is 11.3 Å². The average Bonchev–Trinajstić information content (AvgIpc) is 3.13. The maximum Gasteiger partial charge on any atom is 0.328 e. The van der Waals surface area contributed by atoms with Crippen molar-refractivity contribution in [3.05, 3.63) is 41.6 Å². The van der Waals surface area contributed by atoms with Crippen LogP contribution in [0.4, 0.5) is 10.7 Å². The van der Waals surface area contributed by atoms with E-state index in [9.17, 15) is 9.59 Å². The summed E-state index contributed by atoms with van der Waals surface area (Å²) in [5.74, 6) is 0.976. The van der Waals surface area contributed by atoms with Crippen LogP contribution in [0.3, 0.4) is 0 Å². The van der Waals surface area contributed by atoms with Crippen LogP contribution >= 0.6 is 0 Å². The average molecular weight is 381 g/mol. The Labute approximate surface area is 163 Å². The third kappa shape index (κ3) is 3.64. The molecule has 3 N–H and O–H groups in total. The molecule has 1 amide bonds. The van der Waals surface area contributed by atoms with Crippen LogP contribution in [0.15, 0.2) is 30.4 Å². The van der Waals surface area contributed by atoms with Crippen molar-refractivity contribution in [2.45, 2.75) is 26.3 Å². The first-order valence-corrected chi connectivity index (χ1v) is 8.95. The minimum Gasteiger partial charge on any atom is -0.375 e. The number of aldehydes is 1. The van der Waals surface area contributed by atoms with Crippen LogP contribution < -0.4 is 10.6 Å². The van der Waals surface area contributed by atoms with Crippen LogP contribution in [-0.2, 0) is 11.2 Å². The molecule has 28 heavy (non-hydrogen) atoms. The number of carbonyl (C=O) groups is 2. The van der Waals surface area contributed by atoms with Crippen LogP contribution in [0.2, 0.25) is 0 Å². The molecule has 1 unspecified atom stereocenters. The van der Waals surface area contributed by atoms with E-state index in [1.807, 2.05) is 13.0 Å². The quantitative estimate of drug-likeness (QED) is 0.497. The third-order valence-electron chi connectivity index (χ3n) is 4.66. The lowest BCUT2D eigenvalue weighted by Gasteiger charge is -2.30. The first kappa shape index (κ1) is 19.3. The van der Waals surface area contributed by atoms with Gasteiger partial charge in [0.1, 0.15) is 12.1 Å². The number of amides is 1. The van der Waals surface area contributed by atoms with Crippen LogP contribution in [-0.4, -0.2) is 57.6 Å². The molecule has 9 heteroatoms. The molecule has 3 rings (SSSR count). The number of nitrogens with zero attached hydrogens (tertiary/aromatic N) is 4. The number of nitrogens with one attached hydrogen (secondary N) is 3. The number of aryl methyl sites for hydroxylation is 1. The zero-order chi connectivity index (χ0) is 20.3. The molecule has 0 saturated heterocycles. The summed E-state index contributed by atoms with van der Waals surface area (Å²) in [6.07, 6.45) is 7.63. The molecule has 0 radical (unpaired) electrons. The minimum absolute atomic E-state index is 0.205. The number of fused-ring (bicyclic) bond motifs is 1. The van der Waals surface area contributed by atoms with Gasteiger partial charge >= 0.3 is 6.03 Å². The summed E-state index contributed by atoms with van der Waals surface area (Å²) in [4.78, 5) is 34.2. The van der Waals surface area contributed by atoms with E-state index in [-0.39, 0.29) is 6.03 Å². The molecule has 2 aromatic rings. The van der Waals surface area contributed by atoms with Crippen LogP contribution in [0, 0.1) is 12.3 Å². The molecule has 0 spiro atoms. The number of hydrogen-bond acceptors (Lipinski definition) is 7. The van der Waals surface area contributed by atoms with Crippen LogP contribution in [0.1, 0.15) is 18.2 Å². The van der Waals surface area contributed by atoms with E-state index >= 15 is 0 Å². The second-order valence-electron chi connectivity index (χ2n) is 6.54. The Hall–Kier alpha value is -3.49. The van der Waals surface area contributed by atoms with Gasteiger partial charge in [0, 0.05) is 49.9 Å². The highest BCUT2D eigenvalue weighted by Gasteiger charge is 2.28. The molecule has 9 nitrogen and oxygen atoms in total. The van der Waals surface area contributed by atoms with Gasteiger partial charge in [0.2, 0.25) is 5.95 Å². The number of anilines is 1. The van der Waals surface area contributed by atoms with Gasteiger partial charge in [-0.3, -0.25) is 4.57 Å². The summed E-state index contributed by atoms with van der Waals surface area (Å²) in [5, 5.41) is 13.1. The molecule has 146 valence electrons. The van der Waals surface area contributed by atoms with Crippen molar-refractivity contribution < 1.29 is 9.59 Å². The summed E-state index contributed by atoms with van der Waals surface area (Å²) in [5.41, 5.74) is 3.30. The van der Waals surface area contributed by atoms with E-state index in [1.54, 1.807) is 41.9 Å². The molecule has 3 heterocycles. The van der Waals surface area contributed by atoms with Gasteiger partial charge in [0.15, 0.2) is 0 Å². The maximum atomic E-state index is 12.7. The number of rotatable bonds is 7. The number of hydrogen-bond donors (Lipinski definition) is 3. The molecule has 0 saturated carbocycles. The Morgan fingerprint density at radius 2 is 2.21 bits per heavy atom. The van der Waals surface area contributed by atoms with Gasteiger partial charge in [-0.25, -0.2) is 14.8 Å². The van der Waals surface area contributed by atoms with E-state index in [0.29, 0.717) is 30.4 Å². The third-order valence-corrected chi connectivity index (χ3v) is 4.66. The molecule has 1 aliphatic rings. The lowest BCUT2D eigenvalue weighted by atomic mass is 10.1. The molecule has 0 aliphatic carbocycles. The van der Waals surface area contributed by atoms with Crippen molar-refractivity contribution in [2.75, 3.05) is 18.9 Å². The topological polar surface area (TPSA) is 116 Å². The molecule has 1 atom stereocenters. The zero-order valence-corrected chi connectivity index (χ0v) is 16.1. The van der Waals surface area contributed by atoms with Gasteiger partial charge < -0.3 is 25.7 Å². The van der Waals surface area contributed by atoms with E-state index in [2.05, 4.69) is 20.6 Å². The SMILES string of the molecule is CN/C(=C\C=N)Nc1ncc(C)c(-c2cc3n(c2)C(=O)N(C(C)C=O)CC3)n1. The monoisotopic (exact) mass is 381 g/mol. The lowest BCUT2D eigenvalue weighted by Crippen LogP contribution is -2.46. The summed E-state index contributed by atoms with van der Waals surface area (Å²) >= 11 is 0. The first-order chi connectivity index (χ1) is 13.5. The fourth-order valence-electron chi connectivity index (χ4n) is 3.11. The maximum absolute atomic E-state index is 12.7. The molecule has 2 aromatic heterocycles. The van der Waals surface area contributed by atoms with E-state index in [1.165, 1.54) is 0 Å². The Kier molecular flexibility index (Phi) is 5.53. The standard InChI is InChI=1S/C19H23N7O2/c1-12-9-22-18(23-16(21-3)4-6-20)24-17(12)14-8-15-5-7-25(13(2)11-27)19(28)26(15)10-14/h4,6,8-11,13,20-21H,5,7H2,1-3H3,(H,22,23,24)/b16-4+,20-6?. The highest BCUT2D eigenvalue weighted by molar-refractivity contribution is 5.84. The molecular formula is C19H23N7O2. The second-order valence-corrected chi connectivity index (χ2v) is 6.54. The van der Waals surface area contributed by atoms with Gasteiger partial charge in [0.25, 0.3) is 0 Å². The summed E-state index contributed by atoms with van der Waals surface area (Å²) in [6.45, 7) is 4.14. The summed E-state index contributed by atoms with van der Waals surface area (Å²) in [7, 11) is 1.73. The number of aromatic nitrogens is 3. The van der Waals surface area contributed by atoms with Gasteiger partial charge in [-0.05, 0) is 31.6 Å². The minimum atomic E-state index is -0.455. The molecular weight excluding hydrogens is 358 g/mol. The Morgan fingerprint density at radius 3 is 2.89 bits per heavy atom. The van der Waals surface area contributed by atoms with Crippen molar-refractivity contribution in [2.24, 2.45) is 0 Å². The number of carbonyl (C=O) groups excluding carboxylic acids is 2. The Morgan fingerprint density at radius 1 is 1.43 bits per heavy atom. The first-order valence-electron chi connectivity index (χ1n) is 8.95. The molecule has 1 aliphatic heterocycles. The van der Waals surface area contributed by atoms with Gasteiger partial charge in [-0.2, -0.15) is 0 Å². The molecule has 0 aromatic carbocycles. The van der Waals surface area contributed by atoms with E-state index in [4.69, 9.17) is 5.41 Å². The predicted molar refractivity (Wildman–Crippen MR) is 106 cm³/mol. The smallest absolute Gasteiger partial charge is 0.328 e. The fourth-order valence-corrected chi connectivity index (χ4v) is 3.11. The van der Waals surface area contributed by atoms with Crippen molar-refractivity contribution in [1.29, 1.82) is 5.41 Å². The Bertz CT molecular complexity index is 948. The van der Waals surface area contributed by atoms with Gasteiger partial charge in [-0.15, -0.1) is 0 Å². The summed E-state index contributed by atoms with van der Waals surface area (Å²) in [6, 6.07) is 1.29. The second kappa shape index (κ2) is 8.03. The lowest BCUT2D eigenvalue weighted by molar-refractivity contribution is -0.111.